The lowest BCUT2D eigenvalue weighted by atomic mass is 10.2. The third-order valence-electron chi connectivity index (χ3n) is 2.64. The van der Waals surface area contributed by atoms with Gasteiger partial charge in [-0.2, -0.15) is 5.26 Å². The second-order valence-corrected chi connectivity index (χ2v) is 4.81. The topological polar surface area (TPSA) is 68.3 Å². The molecule has 1 aromatic carbocycles. The van der Waals surface area contributed by atoms with Gasteiger partial charge >= 0.3 is 0 Å². The summed E-state index contributed by atoms with van der Waals surface area (Å²) >= 11 is 1.60. The normalized spacial score (nSPS) is 11.6. The number of nitrogens with two attached hydrogens (primary N) is 1. The van der Waals surface area contributed by atoms with Crippen LogP contribution >= 0.6 is 11.3 Å². The highest BCUT2D eigenvalue weighted by molar-refractivity contribution is 7.10. The van der Waals surface area contributed by atoms with Crippen LogP contribution in [0.25, 0.3) is 0 Å². The first-order valence-electron chi connectivity index (χ1n) is 5.76. The highest BCUT2D eigenvalue weighted by Crippen LogP contribution is 2.32. The Labute approximate surface area is 116 Å². The fourth-order valence-corrected chi connectivity index (χ4v) is 2.45. The minimum atomic E-state index is -0.207. The average molecular weight is 274 g/mol. The fraction of sp³-hybridized carbons (Fsp3) is 0.214. The zero-order chi connectivity index (χ0) is 13.7. The Morgan fingerprint density at radius 1 is 1.37 bits per heavy atom. The zero-order valence-electron chi connectivity index (χ0n) is 10.5. The van der Waals surface area contributed by atoms with Crippen molar-refractivity contribution in [1.82, 2.24) is 0 Å². The van der Waals surface area contributed by atoms with Crippen LogP contribution in [0, 0.1) is 11.3 Å². The Morgan fingerprint density at radius 3 is 2.79 bits per heavy atom. The molecule has 0 bridgehead atoms. The van der Waals surface area contributed by atoms with Crippen LogP contribution in [0.1, 0.15) is 16.5 Å². The standard InChI is InChI=1S/C14H14N2O2S/c1-17-12-7-10(8-15)4-5-11(12)18-13(9-16)14-3-2-6-19-14/h2-7,13H,9,16H2,1H3. The molecule has 0 aliphatic rings. The Hall–Kier alpha value is -2.03. The van der Waals surface area contributed by atoms with Gasteiger partial charge < -0.3 is 15.2 Å². The third-order valence-corrected chi connectivity index (χ3v) is 3.60. The number of hydrogen-bond acceptors (Lipinski definition) is 5. The van der Waals surface area contributed by atoms with E-state index in [0.717, 1.165) is 4.88 Å². The molecule has 0 amide bonds. The lowest BCUT2D eigenvalue weighted by Gasteiger charge is -2.18. The summed E-state index contributed by atoms with van der Waals surface area (Å²) in [5.74, 6) is 1.12. The molecule has 2 N–H and O–H groups in total. The van der Waals surface area contributed by atoms with Gasteiger partial charge in [-0.1, -0.05) is 6.07 Å². The van der Waals surface area contributed by atoms with Gasteiger partial charge in [0.2, 0.25) is 0 Å². The van der Waals surface area contributed by atoms with E-state index in [2.05, 4.69) is 6.07 Å². The first-order valence-corrected chi connectivity index (χ1v) is 6.64. The van der Waals surface area contributed by atoms with E-state index in [-0.39, 0.29) is 6.10 Å². The van der Waals surface area contributed by atoms with Crippen LogP contribution in [0.4, 0.5) is 0 Å². The van der Waals surface area contributed by atoms with Crippen molar-refractivity contribution in [2.24, 2.45) is 5.73 Å². The van der Waals surface area contributed by atoms with Crippen LogP contribution in [-0.2, 0) is 0 Å². The second-order valence-electron chi connectivity index (χ2n) is 3.84. The van der Waals surface area contributed by atoms with Gasteiger partial charge in [0.1, 0.15) is 6.10 Å². The summed E-state index contributed by atoms with van der Waals surface area (Å²) in [4.78, 5) is 1.06. The van der Waals surface area contributed by atoms with Crippen molar-refractivity contribution in [1.29, 1.82) is 5.26 Å². The van der Waals surface area contributed by atoms with Gasteiger partial charge in [0.05, 0.1) is 18.7 Å². The van der Waals surface area contributed by atoms with E-state index in [1.54, 1.807) is 36.6 Å². The van der Waals surface area contributed by atoms with Crippen molar-refractivity contribution in [2.45, 2.75) is 6.10 Å². The first-order chi connectivity index (χ1) is 9.28. The summed E-state index contributed by atoms with van der Waals surface area (Å²) in [6, 6.07) is 11.1. The molecule has 0 spiro atoms. The molecule has 19 heavy (non-hydrogen) atoms. The summed E-state index contributed by atoms with van der Waals surface area (Å²) in [6.45, 7) is 0.379. The average Bonchev–Trinajstić information content (AvgIpc) is 2.98. The molecule has 0 saturated heterocycles. The number of methoxy groups -OCH3 is 1. The van der Waals surface area contributed by atoms with Gasteiger partial charge in [-0.05, 0) is 23.6 Å². The lowest BCUT2D eigenvalue weighted by molar-refractivity contribution is 0.208. The number of nitriles is 1. The molecule has 2 aromatic rings. The molecule has 0 aliphatic heterocycles. The van der Waals surface area contributed by atoms with Gasteiger partial charge in [-0.3, -0.25) is 0 Å². The predicted octanol–water partition coefficient (Wildman–Crippen LogP) is 2.71. The number of rotatable bonds is 5. The summed E-state index contributed by atoms with van der Waals surface area (Å²) in [6.07, 6.45) is -0.207. The smallest absolute Gasteiger partial charge is 0.162 e. The SMILES string of the molecule is COc1cc(C#N)ccc1OC(CN)c1cccs1. The molecule has 1 aromatic heterocycles. The van der Waals surface area contributed by atoms with Gasteiger partial charge in [-0.15, -0.1) is 11.3 Å². The van der Waals surface area contributed by atoms with E-state index < -0.39 is 0 Å². The van der Waals surface area contributed by atoms with E-state index in [0.29, 0.717) is 23.6 Å². The highest BCUT2D eigenvalue weighted by atomic mass is 32.1. The predicted molar refractivity (Wildman–Crippen MR) is 74.5 cm³/mol. The molecular weight excluding hydrogens is 260 g/mol. The third kappa shape index (κ3) is 3.05. The molecule has 0 radical (unpaired) electrons. The van der Waals surface area contributed by atoms with Gasteiger partial charge in [-0.25, -0.2) is 0 Å². The Bertz CT molecular complexity index is 576. The Morgan fingerprint density at radius 2 is 2.21 bits per heavy atom. The number of hydrogen-bond donors (Lipinski definition) is 1. The van der Waals surface area contributed by atoms with Gasteiger partial charge in [0.25, 0.3) is 0 Å². The molecule has 0 fully saturated rings. The molecule has 0 saturated carbocycles. The van der Waals surface area contributed by atoms with Crippen LogP contribution in [0.2, 0.25) is 0 Å². The minimum Gasteiger partial charge on any atom is -0.493 e. The largest absolute Gasteiger partial charge is 0.493 e. The quantitative estimate of drug-likeness (QED) is 0.910. The Balaban J connectivity index is 2.25. The van der Waals surface area contributed by atoms with Crippen LogP contribution in [0.3, 0.4) is 0 Å². The molecule has 5 heteroatoms. The van der Waals surface area contributed by atoms with Gasteiger partial charge in [0.15, 0.2) is 11.5 Å². The maximum absolute atomic E-state index is 8.86. The van der Waals surface area contributed by atoms with Crippen molar-refractivity contribution in [2.75, 3.05) is 13.7 Å². The van der Waals surface area contributed by atoms with Crippen LogP contribution in [-0.4, -0.2) is 13.7 Å². The molecule has 2 rings (SSSR count). The van der Waals surface area contributed by atoms with Gasteiger partial charge in [0, 0.05) is 17.5 Å². The van der Waals surface area contributed by atoms with E-state index in [1.807, 2.05) is 17.5 Å². The van der Waals surface area contributed by atoms with Crippen LogP contribution in [0.15, 0.2) is 35.7 Å². The second kappa shape index (κ2) is 6.23. The van der Waals surface area contributed by atoms with Crippen molar-refractivity contribution in [3.8, 4) is 17.6 Å². The van der Waals surface area contributed by atoms with Crippen molar-refractivity contribution in [3.63, 3.8) is 0 Å². The van der Waals surface area contributed by atoms with E-state index in [1.165, 1.54) is 0 Å². The van der Waals surface area contributed by atoms with E-state index in [9.17, 15) is 0 Å². The van der Waals surface area contributed by atoms with Crippen LogP contribution < -0.4 is 15.2 Å². The van der Waals surface area contributed by atoms with Crippen molar-refractivity contribution in [3.05, 3.63) is 46.2 Å². The number of nitrogens with zero attached hydrogens (tertiary/aromatic N) is 1. The highest BCUT2D eigenvalue weighted by Gasteiger charge is 2.15. The molecule has 1 atom stereocenters. The summed E-state index contributed by atoms with van der Waals surface area (Å²) in [5, 5.41) is 10.8. The number of benzene rings is 1. The van der Waals surface area contributed by atoms with E-state index in [4.69, 9.17) is 20.5 Å². The maximum atomic E-state index is 8.86. The van der Waals surface area contributed by atoms with E-state index >= 15 is 0 Å². The Kier molecular flexibility index (Phi) is 4.39. The van der Waals surface area contributed by atoms with Crippen molar-refractivity contribution >= 4 is 11.3 Å². The molecule has 0 aliphatic carbocycles. The molecule has 4 nitrogen and oxygen atoms in total. The lowest BCUT2D eigenvalue weighted by Crippen LogP contribution is -2.17. The number of thiophene rings is 1. The fourth-order valence-electron chi connectivity index (χ4n) is 1.68. The number of ether oxygens (including phenoxy) is 2. The van der Waals surface area contributed by atoms with Crippen molar-refractivity contribution < 1.29 is 9.47 Å². The molecule has 98 valence electrons. The monoisotopic (exact) mass is 274 g/mol. The summed E-state index contributed by atoms with van der Waals surface area (Å²) in [7, 11) is 1.55. The molecule has 1 unspecified atom stereocenters. The summed E-state index contributed by atoms with van der Waals surface area (Å²) in [5.41, 5.74) is 6.28. The maximum Gasteiger partial charge on any atom is 0.162 e. The minimum absolute atomic E-state index is 0.207. The summed E-state index contributed by atoms with van der Waals surface area (Å²) < 4.78 is 11.1. The molecular formula is C14H14N2O2S. The van der Waals surface area contributed by atoms with Crippen LogP contribution in [0.5, 0.6) is 11.5 Å². The molecule has 1 heterocycles. The zero-order valence-corrected chi connectivity index (χ0v) is 11.3. The first kappa shape index (κ1) is 13.4.